The van der Waals surface area contributed by atoms with Crippen LogP contribution in [0.1, 0.15) is 22.8 Å². The van der Waals surface area contributed by atoms with Crippen LogP contribution in [0.25, 0.3) is 0 Å². The molecule has 1 aliphatic heterocycles. The molecule has 25 heavy (non-hydrogen) atoms. The summed E-state index contributed by atoms with van der Waals surface area (Å²) >= 11 is 7.60. The van der Waals surface area contributed by atoms with Crippen molar-refractivity contribution in [3.05, 3.63) is 57.0 Å². The van der Waals surface area contributed by atoms with Crippen molar-refractivity contribution in [2.24, 2.45) is 5.92 Å². The Balaban J connectivity index is 1.29. The predicted molar refractivity (Wildman–Crippen MR) is 98.4 cm³/mol. The van der Waals surface area contributed by atoms with Gasteiger partial charge in [-0.05, 0) is 42.2 Å². The molecule has 2 fully saturated rings. The summed E-state index contributed by atoms with van der Waals surface area (Å²) in [5, 5.41) is 0. The van der Waals surface area contributed by atoms with Gasteiger partial charge < -0.3 is 4.90 Å². The van der Waals surface area contributed by atoms with Crippen molar-refractivity contribution >= 4 is 28.8 Å². The molecular weight excluding hydrogens is 359 g/mol. The van der Waals surface area contributed by atoms with E-state index in [0.717, 1.165) is 49.0 Å². The van der Waals surface area contributed by atoms with Crippen molar-refractivity contribution in [2.75, 3.05) is 26.2 Å². The molecule has 0 spiro atoms. The molecular formula is C19H20ClFN2OS. The van der Waals surface area contributed by atoms with Gasteiger partial charge in [-0.2, -0.15) is 0 Å². The van der Waals surface area contributed by atoms with Crippen LogP contribution in [-0.4, -0.2) is 41.9 Å². The number of nitrogens with zero attached hydrogens (tertiary/aromatic N) is 2. The lowest BCUT2D eigenvalue weighted by Gasteiger charge is -2.34. The second kappa shape index (κ2) is 7.06. The minimum absolute atomic E-state index is 0.0319. The Labute approximate surface area is 156 Å². The number of carbonyl (C=O) groups excluding carboxylic acids is 1. The second-order valence-electron chi connectivity index (χ2n) is 6.81. The summed E-state index contributed by atoms with van der Waals surface area (Å²) in [6, 6.07) is 10.6. The molecule has 3 nitrogen and oxygen atoms in total. The van der Waals surface area contributed by atoms with Crippen LogP contribution in [0.15, 0.2) is 36.4 Å². The summed E-state index contributed by atoms with van der Waals surface area (Å²) < 4.78 is 14.2. The molecule has 2 heterocycles. The zero-order valence-corrected chi connectivity index (χ0v) is 15.4. The number of piperazine rings is 1. The minimum Gasteiger partial charge on any atom is -0.340 e. The molecule has 1 saturated carbocycles. The molecule has 2 aliphatic rings. The molecule has 1 aliphatic carbocycles. The second-order valence-corrected chi connectivity index (χ2v) is 8.61. The molecule has 6 heteroatoms. The average Bonchev–Trinajstić information content (AvgIpc) is 3.31. The third-order valence-electron chi connectivity index (χ3n) is 5.08. The first kappa shape index (κ1) is 17.0. The van der Waals surface area contributed by atoms with Crippen molar-refractivity contribution in [3.8, 4) is 0 Å². The summed E-state index contributed by atoms with van der Waals surface area (Å²) in [5.74, 6) is 0.227. The topological polar surface area (TPSA) is 23.6 Å². The normalized spacial score (nSPS) is 23.7. The number of carbonyl (C=O) groups is 1. The van der Waals surface area contributed by atoms with E-state index in [0.29, 0.717) is 0 Å². The molecule has 1 saturated heterocycles. The molecule has 1 amide bonds. The number of benzene rings is 1. The fraction of sp³-hybridized carbons (Fsp3) is 0.421. The molecule has 1 aromatic heterocycles. The van der Waals surface area contributed by atoms with Crippen molar-refractivity contribution in [1.29, 1.82) is 0 Å². The minimum atomic E-state index is -0.224. The number of hydrogen-bond donors (Lipinski definition) is 0. The van der Waals surface area contributed by atoms with Crippen LogP contribution in [0.4, 0.5) is 4.39 Å². The number of rotatable bonds is 4. The number of thiophene rings is 1. The first-order valence-electron chi connectivity index (χ1n) is 8.61. The van der Waals surface area contributed by atoms with Gasteiger partial charge in [0, 0.05) is 43.5 Å². The van der Waals surface area contributed by atoms with Crippen LogP contribution in [-0.2, 0) is 11.3 Å². The van der Waals surface area contributed by atoms with E-state index in [-0.39, 0.29) is 23.6 Å². The van der Waals surface area contributed by atoms with Gasteiger partial charge in [0.2, 0.25) is 5.91 Å². The van der Waals surface area contributed by atoms with Gasteiger partial charge in [-0.15, -0.1) is 11.3 Å². The van der Waals surface area contributed by atoms with Gasteiger partial charge in [0.15, 0.2) is 0 Å². The number of amides is 1. The summed E-state index contributed by atoms with van der Waals surface area (Å²) in [6.45, 7) is 4.21. The van der Waals surface area contributed by atoms with Crippen molar-refractivity contribution < 1.29 is 9.18 Å². The lowest BCUT2D eigenvalue weighted by atomic mass is 10.1. The number of hydrogen-bond acceptors (Lipinski definition) is 3. The Morgan fingerprint density at radius 1 is 1.20 bits per heavy atom. The fourth-order valence-corrected chi connectivity index (χ4v) is 4.72. The largest absolute Gasteiger partial charge is 0.340 e. The van der Waals surface area contributed by atoms with Crippen LogP contribution < -0.4 is 0 Å². The predicted octanol–water partition coefficient (Wildman–Crippen LogP) is 3.99. The maximum absolute atomic E-state index is 13.4. The van der Waals surface area contributed by atoms with E-state index >= 15 is 0 Å². The molecule has 0 unspecified atom stereocenters. The van der Waals surface area contributed by atoms with E-state index in [1.165, 1.54) is 10.9 Å². The highest BCUT2D eigenvalue weighted by molar-refractivity contribution is 7.16. The average molecular weight is 379 g/mol. The van der Waals surface area contributed by atoms with Gasteiger partial charge in [-0.1, -0.05) is 23.7 Å². The van der Waals surface area contributed by atoms with Crippen molar-refractivity contribution in [3.63, 3.8) is 0 Å². The van der Waals surface area contributed by atoms with Gasteiger partial charge in [0.05, 0.1) is 4.34 Å². The van der Waals surface area contributed by atoms with E-state index in [1.807, 2.05) is 17.0 Å². The quantitative estimate of drug-likeness (QED) is 0.803. The Kier molecular flexibility index (Phi) is 4.80. The Hall–Kier alpha value is -1.43. The highest BCUT2D eigenvalue weighted by Crippen LogP contribution is 2.48. The van der Waals surface area contributed by atoms with Gasteiger partial charge in [0.25, 0.3) is 0 Å². The van der Waals surface area contributed by atoms with E-state index in [2.05, 4.69) is 11.0 Å². The van der Waals surface area contributed by atoms with E-state index < -0.39 is 0 Å². The molecule has 132 valence electrons. The first-order chi connectivity index (χ1) is 12.1. The van der Waals surface area contributed by atoms with Crippen LogP contribution in [0, 0.1) is 11.7 Å². The summed E-state index contributed by atoms with van der Waals surface area (Å²) in [7, 11) is 0. The van der Waals surface area contributed by atoms with Crippen LogP contribution >= 0.6 is 22.9 Å². The lowest BCUT2D eigenvalue weighted by Crippen LogP contribution is -2.48. The van der Waals surface area contributed by atoms with Crippen LogP contribution in [0.5, 0.6) is 0 Å². The van der Waals surface area contributed by atoms with E-state index in [1.54, 1.807) is 23.5 Å². The number of halogens is 2. The summed E-state index contributed by atoms with van der Waals surface area (Å²) in [6.07, 6.45) is 0.843. The molecule has 4 rings (SSSR count). The van der Waals surface area contributed by atoms with Crippen LogP contribution in [0.2, 0.25) is 4.34 Å². The monoisotopic (exact) mass is 378 g/mol. The van der Waals surface area contributed by atoms with Gasteiger partial charge in [-0.25, -0.2) is 4.39 Å². The Morgan fingerprint density at radius 2 is 2.00 bits per heavy atom. The fourth-order valence-electron chi connectivity index (χ4n) is 3.59. The highest BCUT2D eigenvalue weighted by Gasteiger charge is 2.46. The maximum atomic E-state index is 13.4. The Morgan fingerprint density at radius 3 is 2.68 bits per heavy atom. The Bertz CT molecular complexity index is 772. The van der Waals surface area contributed by atoms with E-state index in [9.17, 15) is 9.18 Å². The van der Waals surface area contributed by atoms with Gasteiger partial charge >= 0.3 is 0 Å². The van der Waals surface area contributed by atoms with Crippen molar-refractivity contribution in [2.45, 2.75) is 18.9 Å². The summed E-state index contributed by atoms with van der Waals surface area (Å²) in [4.78, 5) is 18.3. The third-order valence-corrected chi connectivity index (χ3v) is 6.29. The van der Waals surface area contributed by atoms with Gasteiger partial charge in [0.1, 0.15) is 5.82 Å². The van der Waals surface area contributed by atoms with E-state index in [4.69, 9.17) is 11.6 Å². The highest BCUT2D eigenvalue weighted by atomic mass is 35.5. The zero-order chi connectivity index (χ0) is 17.4. The maximum Gasteiger partial charge on any atom is 0.226 e. The summed E-state index contributed by atoms with van der Waals surface area (Å²) in [5.41, 5.74) is 0.951. The molecule has 2 atom stereocenters. The molecule has 2 aromatic rings. The SMILES string of the molecule is O=C([C@H]1C[C@@H]1c1cccc(F)c1)N1CCN(Cc2ccc(Cl)s2)CC1. The molecule has 0 radical (unpaired) electrons. The third kappa shape index (κ3) is 3.89. The molecule has 0 bridgehead atoms. The van der Waals surface area contributed by atoms with Crippen LogP contribution in [0.3, 0.4) is 0 Å². The standard InChI is InChI=1S/C19H20ClFN2OS/c20-18-5-4-15(25-18)12-22-6-8-23(9-7-22)19(24)17-11-16(17)13-2-1-3-14(21)10-13/h1-5,10,16-17H,6-9,11-12H2/t16-,17+/m1/s1. The lowest BCUT2D eigenvalue weighted by molar-refractivity contribution is -0.134. The van der Waals surface area contributed by atoms with Crippen molar-refractivity contribution in [1.82, 2.24) is 9.80 Å². The zero-order valence-electron chi connectivity index (χ0n) is 13.8. The smallest absolute Gasteiger partial charge is 0.226 e. The molecule has 0 N–H and O–H groups in total. The van der Waals surface area contributed by atoms with Gasteiger partial charge in [-0.3, -0.25) is 9.69 Å². The molecule has 1 aromatic carbocycles. The first-order valence-corrected chi connectivity index (χ1v) is 9.80.